The molecule has 0 radical (unpaired) electrons. The van der Waals surface area contributed by atoms with Gasteiger partial charge in [-0.1, -0.05) is 6.92 Å². The molecule has 2 saturated heterocycles. The molecule has 0 aromatic rings. The first-order valence-electron chi connectivity index (χ1n) is 5.77. The number of esters is 1. The lowest BCUT2D eigenvalue weighted by Gasteiger charge is -2.34. The average Bonchev–Trinajstić information content (AvgIpc) is 2.58. The summed E-state index contributed by atoms with van der Waals surface area (Å²) in [6.45, 7) is 6.28. The van der Waals surface area contributed by atoms with Crippen molar-refractivity contribution in [3.05, 3.63) is 0 Å². The Morgan fingerprint density at radius 3 is 3.00 bits per heavy atom. The van der Waals surface area contributed by atoms with Crippen LogP contribution in [-0.4, -0.2) is 47.1 Å². The molecule has 4 heteroatoms. The van der Waals surface area contributed by atoms with E-state index in [0.717, 1.165) is 25.3 Å². The van der Waals surface area contributed by atoms with Crippen LogP contribution in [0.1, 0.15) is 26.7 Å². The smallest absolute Gasteiger partial charge is 0.323 e. The van der Waals surface area contributed by atoms with Gasteiger partial charge in [-0.2, -0.15) is 11.8 Å². The normalized spacial score (nSPS) is 38.0. The minimum atomic E-state index is -0.00995. The summed E-state index contributed by atoms with van der Waals surface area (Å²) < 4.78 is 5.21. The summed E-state index contributed by atoms with van der Waals surface area (Å²) >= 11 is 2.03. The van der Waals surface area contributed by atoms with E-state index in [-0.39, 0.29) is 18.1 Å². The summed E-state index contributed by atoms with van der Waals surface area (Å²) in [6, 6.07) is 0.0370. The second kappa shape index (κ2) is 4.74. The maximum Gasteiger partial charge on any atom is 0.323 e. The van der Waals surface area contributed by atoms with Crippen LogP contribution in [0.3, 0.4) is 0 Å². The number of rotatable bonds is 2. The number of ether oxygens (including phenoxy) is 1. The van der Waals surface area contributed by atoms with E-state index in [2.05, 4.69) is 11.8 Å². The van der Waals surface area contributed by atoms with Gasteiger partial charge in [0.05, 0.1) is 0 Å². The van der Waals surface area contributed by atoms with E-state index in [0.29, 0.717) is 5.25 Å². The van der Waals surface area contributed by atoms with E-state index in [1.54, 1.807) is 0 Å². The lowest BCUT2D eigenvalue weighted by molar-refractivity contribution is -0.144. The summed E-state index contributed by atoms with van der Waals surface area (Å²) in [5, 5.41) is 0.697. The van der Waals surface area contributed by atoms with Gasteiger partial charge in [0.1, 0.15) is 12.1 Å². The van der Waals surface area contributed by atoms with E-state index in [4.69, 9.17) is 4.74 Å². The predicted octanol–water partition coefficient (Wildman–Crippen LogP) is 1.52. The molecule has 2 fully saturated rings. The summed E-state index contributed by atoms with van der Waals surface area (Å²) in [5.74, 6) is 1.14. The highest BCUT2D eigenvalue weighted by Gasteiger charge is 2.38. The Kier molecular flexibility index (Phi) is 3.57. The molecule has 2 aliphatic rings. The second-order valence-electron chi connectivity index (χ2n) is 4.39. The van der Waals surface area contributed by atoms with Gasteiger partial charge in [0, 0.05) is 30.5 Å². The molecule has 0 N–H and O–H groups in total. The number of carbonyl (C=O) groups excluding carboxylic acids is 1. The second-order valence-corrected chi connectivity index (χ2v) is 5.80. The summed E-state index contributed by atoms with van der Waals surface area (Å²) in [6.07, 6.45) is 2.18. The number of hydrogen-bond acceptors (Lipinski definition) is 4. The van der Waals surface area contributed by atoms with Gasteiger partial charge in [0.15, 0.2) is 0 Å². The fourth-order valence-corrected chi connectivity index (χ4v) is 3.51. The molecule has 0 spiro atoms. The van der Waals surface area contributed by atoms with Crippen molar-refractivity contribution in [2.75, 3.05) is 18.8 Å². The Hall–Kier alpha value is -0.220. The van der Waals surface area contributed by atoms with Crippen LogP contribution in [0.25, 0.3) is 0 Å². The van der Waals surface area contributed by atoms with Gasteiger partial charge < -0.3 is 4.74 Å². The molecule has 3 atom stereocenters. The van der Waals surface area contributed by atoms with Crippen LogP contribution in [-0.2, 0) is 9.53 Å². The summed E-state index contributed by atoms with van der Waals surface area (Å²) in [7, 11) is 0. The molecule has 2 rings (SSSR count). The SMILES string of the molecule is CC[C@@H]1CN([C@H]2C[C@H](C)OC2=O)CCS1. The van der Waals surface area contributed by atoms with Gasteiger partial charge in [-0.3, -0.25) is 9.69 Å². The first-order chi connectivity index (χ1) is 7.20. The van der Waals surface area contributed by atoms with Crippen molar-refractivity contribution < 1.29 is 9.53 Å². The van der Waals surface area contributed by atoms with Crippen molar-refractivity contribution in [1.29, 1.82) is 0 Å². The molecule has 0 aromatic carbocycles. The lowest BCUT2D eigenvalue weighted by Crippen LogP contribution is -2.46. The third-order valence-electron chi connectivity index (χ3n) is 3.21. The van der Waals surface area contributed by atoms with Gasteiger partial charge in [-0.05, 0) is 13.3 Å². The zero-order chi connectivity index (χ0) is 10.8. The van der Waals surface area contributed by atoms with E-state index in [1.807, 2.05) is 18.7 Å². The molecule has 0 unspecified atom stereocenters. The highest BCUT2D eigenvalue weighted by atomic mass is 32.2. The highest BCUT2D eigenvalue weighted by Crippen LogP contribution is 2.27. The first-order valence-corrected chi connectivity index (χ1v) is 6.81. The highest BCUT2D eigenvalue weighted by molar-refractivity contribution is 8.00. The molecule has 2 heterocycles. The van der Waals surface area contributed by atoms with E-state index >= 15 is 0 Å². The predicted molar refractivity (Wildman–Crippen MR) is 62.1 cm³/mol. The lowest BCUT2D eigenvalue weighted by atomic mass is 10.1. The Labute approximate surface area is 95.5 Å². The van der Waals surface area contributed by atoms with E-state index in [9.17, 15) is 4.79 Å². The maximum atomic E-state index is 11.6. The van der Waals surface area contributed by atoms with Crippen LogP contribution < -0.4 is 0 Å². The molecular weight excluding hydrogens is 210 g/mol. The van der Waals surface area contributed by atoms with Crippen LogP contribution in [0.15, 0.2) is 0 Å². The van der Waals surface area contributed by atoms with Crippen molar-refractivity contribution >= 4 is 17.7 Å². The Morgan fingerprint density at radius 2 is 2.40 bits per heavy atom. The van der Waals surface area contributed by atoms with Crippen molar-refractivity contribution in [2.45, 2.75) is 44.1 Å². The number of nitrogens with zero attached hydrogens (tertiary/aromatic N) is 1. The molecule has 86 valence electrons. The van der Waals surface area contributed by atoms with Gasteiger partial charge in [-0.15, -0.1) is 0 Å². The Balaban J connectivity index is 1.95. The fraction of sp³-hybridized carbons (Fsp3) is 0.909. The molecule has 0 saturated carbocycles. The third kappa shape index (κ3) is 2.48. The Morgan fingerprint density at radius 1 is 1.60 bits per heavy atom. The van der Waals surface area contributed by atoms with Gasteiger partial charge in [0.25, 0.3) is 0 Å². The fourth-order valence-electron chi connectivity index (χ4n) is 2.31. The molecule has 0 aromatic heterocycles. The largest absolute Gasteiger partial charge is 0.461 e. The molecule has 3 nitrogen and oxygen atoms in total. The standard InChI is InChI=1S/C11H19NO2S/c1-3-9-7-12(4-5-15-9)10-6-8(2)14-11(10)13/h8-10H,3-7H2,1-2H3/t8-,9+,10-/m0/s1. The van der Waals surface area contributed by atoms with Gasteiger partial charge in [-0.25, -0.2) is 0 Å². The minimum Gasteiger partial charge on any atom is -0.461 e. The molecule has 15 heavy (non-hydrogen) atoms. The molecule has 2 aliphatic heterocycles. The number of hydrogen-bond donors (Lipinski definition) is 0. The zero-order valence-electron chi connectivity index (χ0n) is 9.44. The quantitative estimate of drug-likeness (QED) is 0.671. The number of thioether (sulfide) groups is 1. The van der Waals surface area contributed by atoms with Crippen LogP contribution in [0.4, 0.5) is 0 Å². The summed E-state index contributed by atoms with van der Waals surface area (Å²) in [5.41, 5.74) is 0. The minimum absolute atomic E-state index is 0.00995. The third-order valence-corrected chi connectivity index (χ3v) is 4.58. The molecular formula is C11H19NO2S. The topological polar surface area (TPSA) is 29.5 Å². The van der Waals surface area contributed by atoms with Crippen molar-refractivity contribution in [2.24, 2.45) is 0 Å². The average molecular weight is 229 g/mol. The van der Waals surface area contributed by atoms with Crippen LogP contribution in [0, 0.1) is 0 Å². The van der Waals surface area contributed by atoms with Crippen molar-refractivity contribution in [3.63, 3.8) is 0 Å². The van der Waals surface area contributed by atoms with Crippen LogP contribution in [0.2, 0.25) is 0 Å². The van der Waals surface area contributed by atoms with Crippen molar-refractivity contribution in [3.8, 4) is 0 Å². The zero-order valence-corrected chi connectivity index (χ0v) is 10.3. The number of carbonyl (C=O) groups is 1. The van der Waals surface area contributed by atoms with E-state index in [1.165, 1.54) is 6.42 Å². The molecule has 0 amide bonds. The first kappa shape index (κ1) is 11.3. The maximum absolute atomic E-state index is 11.6. The number of cyclic esters (lactones) is 1. The van der Waals surface area contributed by atoms with Gasteiger partial charge >= 0.3 is 5.97 Å². The molecule has 0 aliphatic carbocycles. The van der Waals surface area contributed by atoms with Crippen LogP contribution >= 0.6 is 11.8 Å². The van der Waals surface area contributed by atoms with E-state index < -0.39 is 0 Å². The monoisotopic (exact) mass is 229 g/mol. The Bertz CT molecular complexity index is 247. The van der Waals surface area contributed by atoms with Gasteiger partial charge in [0.2, 0.25) is 0 Å². The summed E-state index contributed by atoms with van der Waals surface area (Å²) in [4.78, 5) is 13.9. The van der Waals surface area contributed by atoms with Crippen LogP contribution in [0.5, 0.6) is 0 Å². The molecule has 0 bridgehead atoms. The van der Waals surface area contributed by atoms with Crippen molar-refractivity contribution in [1.82, 2.24) is 4.90 Å².